The summed E-state index contributed by atoms with van der Waals surface area (Å²) < 4.78 is 0. The van der Waals surface area contributed by atoms with Crippen LogP contribution in [0.5, 0.6) is 0 Å². The molecule has 0 radical (unpaired) electrons. The van der Waals surface area contributed by atoms with Gasteiger partial charge in [-0.05, 0) is 18.1 Å². The van der Waals surface area contributed by atoms with E-state index in [0.29, 0.717) is 6.42 Å². The SMILES string of the molecule is CC(C)CC(=O)NNC(=O)c1ccccn1. The number of carbonyl (C=O) groups is 2. The summed E-state index contributed by atoms with van der Waals surface area (Å²) in [5.41, 5.74) is 4.91. The van der Waals surface area contributed by atoms with E-state index in [1.807, 2.05) is 13.8 Å². The Bertz CT molecular complexity index is 363. The van der Waals surface area contributed by atoms with Gasteiger partial charge in [-0.3, -0.25) is 25.4 Å². The number of aromatic nitrogens is 1. The molecule has 16 heavy (non-hydrogen) atoms. The summed E-state index contributed by atoms with van der Waals surface area (Å²) in [5.74, 6) is -0.372. The Balaban J connectivity index is 2.39. The van der Waals surface area contributed by atoms with Crippen LogP contribution in [0.15, 0.2) is 24.4 Å². The van der Waals surface area contributed by atoms with Gasteiger partial charge in [0.2, 0.25) is 5.91 Å². The van der Waals surface area contributed by atoms with E-state index in [2.05, 4.69) is 15.8 Å². The first kappa shape index (κ1) is 12.2. The van der Waals surface area contributed by atoms with Gasteiger partial charge < -0.3 is 0 Å². The molecule has 1 rings (SSSR count). The van der Waals surface area contributed by atoms with Gasteiger partial charge in [0.1, 0.15) is 5.69 Å². The minimum atomic E-state index is -0.419. The van der Waals surface area contributed by atoms with Crippen molar-refractivity contribution in [3.63, 3.8) is 0 Å². The predicted octanol–water partition coefficient (Wildman–Crippen LogP) is 0.889. The zero-order valence-corrected chi connectivity index (χ0v) is 9.36. The van der Waals surface area contributed by atoms with Crippen LogP contribution in [0, 0.1) is 5.92 Å². The van der Waals surface area contributed by atoms with E-state index in [-0.39, 0.29) is 17.5 Å². The van der Waals surface area contributed by atoms with Crippen LogP contribution in [0.25, 0.3) is 0 Å². The maximum Gasteiger partial charge on any atom is 0.288 e. The third kappa shape index (κ3) is 4.08. The van der Waals surface area contributed by atoms with Crippen LogP contribution in [0.1, 0.15) is 30.8 Å². The first-order valence-corrected chi connectivity index (χ1v) is 5.10. The molecular weight excluding hydrogens is 206 g/mol. The van der Waals surface area contributed by atoms with Gasteiger partial charge in [-0.25, -0.2) is 0 Å². The van der Waals surface area contributed by atoms with Gasteiger partial charge in [0.05, 0.1) is 0 Å². The quantitative estimate of drug-likeness (QED) is 0.744. The standard InChI is InChI=1S/C11H15N3O2/c1-8(2)7-10(15)13-14-11(16)9-5-3-4-6-12-9/h3-6,8H,7H2,1-2H3,(H,13,15)(H,14,16). The number of hydrogen-bond donors (Lipinski definition) is 2. The normalized spacial score (nSPS) is 9.94. The number of carbonyl (C=O) groups excluding carboxylic acids is 2. The van der Waals surface area contributed by atoms with E-state index in [1.54, 1.807) is 18.2 Å². The number of hydrazine groups is 1. The molecule has 86 valence electrons. The second-order valence-electron chi connectivity index (χ2n) is 3.82. The minimum absolute atomic E-state index is 0.209. The van der Waals surface area contributed by atoms with E-state index < -0.39 is 5.91 Å². The van der Waals surface area contributed by atoms with Crippen molar-refractivity contribution in [3.8, 4) is 0 Å². The zero-order chi connectivity index (χ0) is 12.0. The largest absolute Gasteiger partial charge is 0.288 e. The van der Waals surface area contributed by atoms with Crippen molar-refractivity contribution in [1.82, 2.24) is 15.8 Å². The van der Waals surface area contributed by atoms with Crippen LogP contribution >= 0.6 is 0 Å². The van der Waals surface area contributed by atoms with Crippen molar-refractivity contribution in [1.29, 1.82) is 0 Å². The highest BCUT2D eigenvalue weighted by molar-refractivity contribution is 5.93. The van der Waals surface area contributed by atoms with Crippen LogP contribution in [0.2, 0.25) is 0 Å². The summed E-state index contributed by atoms with van der Waals surface area (Å²) in [6.07, 6.45) is 1.90. The highest BCUT2D eigenvalue weighted by atomic mass is 16.2. The van der Waals surface area contributed by atoms with Crippen molar-refractivity contribution < 1.29 is 9.59 Å². The molecule has 2 N–H and O–H groups in total. The van der Waals surface area contributed by atoms with E-state index in [1.165, 1.54) is 6.20 Å². The highest BCUT2D eigenvalue weighted by Crippen LogP contribution is 1.97. The molecule has 2 amide bonds. The van der Waals surface area contributed by atoms with Crippen molar-refractivity contribution in [3.05, 3.63) is 30.1 Å². The molecule has 0 aromatic carbocycles. The fourth-order valence-electron chi connectivity index (χ4n) is 1.11. The molecular formula is C11H15N3O2. The average Bonchev–Trinajstić information content (AvgIpc) is 2.26. The number of nitrogens with one attached hydrogen (secondary N) is 2. The van der Waals surface area contributed by atoms with Gasteiger partial charge in [0.15, 0.2) is 0 Å². The smallest absolute Gasteiger partial charge is 0.273 e. The molecule has 0 spiro atoms. The van der Waals surface area contributed by atoms with Gasteiger partial charge in [0, 0.05) is 12.6 Å². The Hall–Kier alpha value is -1.91. The Morgan fingerprint density at radius 1 is 1.31 bits per heavy atom. The molecule has 0 unspecified atom stereocenters. The molecule has 0 saturated carbocycles. The lowest BCUT2D eigenvalue weighted by atomic mass is 10.1. The molecule has 1 aromatic rings. The van der Waals surface area contributed by atoms with Gasteiger partial charge in [-0.2, -0.15) is 0 Å². The number of nitrogens with zero attached hydrogens (tertiary/aromatic N) is 1. The maximum absolute atomic E-state index is 11.4. The summed E-state index contributed by atoms with van der Waals surface area (Å²) in [5, 5.41) is 0. The molecule has 0 aliphatic heterocycles. The van der Waals surface area contributed by atoms with Gasteiger partial charge >= 0.3 is 0 Å². The van der Waals surface area contributed by atoms with Crippen LogP contribution in [-0.2, 0) is 4.79 Å². The van der Waals surface area contributed by atoms with Gasteiger partial charge in [0.25, 0.3) is 5.91 Å². The van der Waals surface area contributed by atoms with Crippen LogP contribution in [0.4, 0.5) is 0 Å². The van der Waals surface area contributed by atoms with E-state index in [9.17, 15) is 9.59 Å². The zero-order valence-electron chi connectivity index (χ0n) is 9.36. The fraction of sp³-hybridized carbons (Fsp3) is 0.364. The number of hydrogen-bond acceptors (Lipinski definition) is 3. The highest BCUT2D eigenvalue weighted by Gasteiger charge is 2.08. The van der Waals surface area contributed by atoms with Crippen molar-refractivity contribution in [2.75, 3.05) is 0 Å². The third-order valence-electron chi connectivity index (χ3n) is 1.81. The Kier molecular flexibility index (Phi) is 4.44. The lowest BCUT2D eigenvalue weighted by Gasteiger charge is -2.07. The summed E-state index contributed by atoms with van der Waals surface area (Å²) in [7, 11) is 0. The Morgan fingerprint density at radius 2 is 2.06 bits per heavy atom. The minimum Gasteiger partial charge on any atom is -0.273 e. The second kappa shape index (κ2) is 5.85. The summed E-state index contributed by atoms with van der Waals surface area (Å²) >= 11 is 0. The summed E-state index contributed by atoms with van der Waals surface area (Å²) in [6.45, 7) is 3.86. The first-order chi connectivity index (χ1) is 7.59. The summed E-state index contributed by atoms with van der Waals surface area (Å²) in [6, 6.07) is 5.00. The van der Waals surface area contributed by atoms with Crippen molar-refractivity contribution in [2.24, 2.45) is 5.92 Å². The molecule has 5 heteroatoms. The lowest BCUT2D eigenvalue weighted by molar-refractivity contribution is -0.122. The maximum atomic E-state index is 11.4. The van der Waals surface area contributed by atoms with Gasteiger partial charge in [-0.15, -0.1) is 0 Å². The molecule has 0 fully saturated rings. The van der Waals surface area contributed by atoms with Crippen LogP contribution in [-0.4, -0.2) is 16.8 Å². The second-order valence-corrected chi connectivity index (χ2v) is 3.82. The molecule has 1 heterocycles. The van der Waals surface area contributed by atoms with E-state index in [4.69, 9.17) is 0 Å². The average molecular weight is 221 g/mol. The monoisotopic (exact) mass is 221 g/mol. The molecule has 0 aliphatic carbocycles. The molecule has 5 nitrogen and oxygen atoms in total. The Morgan fingerprint density at radius 3 is 2.62 bits per heavy atom. The number of amides is 2. The number of rotatable bonds is 3. The first-order valence-electron chi connectivity index (χ1n) is 5.10. The molecule has 0 aliphatic rings. The van der Waals surface area contributed by atoms with E-state index in [0.717, 1.165) is 0 Å². The van der Waals surface area contributed by atoms with Crippen molar-refractivity contribution >= 4 is 11.8 Å². The van der Waals surface area contributed by atoms with Crippen LogP contribution in [0.3, 0.4) is 0 Å². The van der Waals surface area contributed by atoms with Crippen molar-refractivity contribution in [2.45, 2.75) is 20.3 Å². The molecule has 1 aromatic heterocycles. The number of pyridine rings is 1. The molecule has 0 atom stereocenters. The van der Waals surface area contributed by atoms with Crippen LogP contribution < -0.4 is 10.9 Å². The third-order valence-corrected chi connectivity index (χ3v) is 1.81. The Labute approximate surface area is 94.2 Å². The topological polar surface area (TPSA) is 71.1 Å². The predicted molar refractivity (Wildman–Crippen MR) is 59.3 cm³/mol. The molecule has 0 saturated heterocycles. The summed E-state index contributed by atoms with van der Waals surface area (Å²) in [4.78, 5) is 26.5. The lowest BCUT2D eigenvalue weighted by Crippen LogP contribution is -2.42. The van der Waals surface area contributed by atoms with Gasteiger partial charge in [-0.1, -0.05) is 19.9 Å². The molecule has 0 bridgehead atoms. The fourth-order valence-corrected chi connectivity index (χ4v) is 1.11. The van der Waals surface area contributed by atoms with E-state index >= 15 is 0 Å².